The lowest BCUT2D eigenvalue weighted by atomic mass is 9.93. The van der Waals surface area contributed by atoms with Gasteiger partial charge in [-0.15, -0.1) is 0 Å². The number of nitrogens with zero attached hydrogens (tertiary/aromatic N) is 3. The van der Waals surface area contributed by atoms with Crippen molar-refractivity contribution in [1.29, 1.82) is 0 Å². The van der Waals surface area contributed by atoms with Crippen LogP contribution in [0.15, 0.2) is 176 Å². The summed E-state index contributed by atoms with van der Waals surface area (Å²) in [5.41, 5.74) is 6.91. The highest BCUT2D eigenvalue weighted by Crippen LogP contribution is 2.39. The number of hydrogen-bond acceptors (Lipinski definition) is 3. The molecule has 0 fully saturated rings. The minimum Gasteiger partial charge on any atom is -0.256 e. The van der Waals surface area contributed by atoms with E-state index in [1.807, 2.05) is 12.3 Å². The second-order valence-electron chi connectivity index (χ2n) is 12.8. The molecular formula is C47H29N3. The summed E-state index contributed by atoms with van der Waals surface area (Å²) in [6.45, 7) is 0. The highest BCUT2D eigenvalue weighted by atomic mass is 14.9. The van der Waals surface area contributed by atoms with Gasteiger partial charge >= 0.3 is 0 Å². The lowest BCUT2D eigenvalue weighted by Crippen LogP contribution is -1.97. The molecule has 232 valence electrons. The van der Waals surface area contributed by atoms with E-state index in [-0.39, 0.29) is 0 Å². The Bertz CT molecular complexity index is 2790. The highest BCUT2D eigenvalue weighted by molar-refractivity contribution is 6.15. The maximum Gasteiger partial charge on any atom is 0.160 e. The van der Waals surface area contributed by atoms with Gasteiger partial charge in [0, 0.05) is 33.8 Å². The summed E-state index contributed by atoms with van der Waals surface area (Å²) >= 11 is 0. The summed E-state index contributed by atoms with van der Waals surface area (Å²) in [6, 6.07) is 60.2. The van der Waals surface area contributed by atoms with Crippen molar-refractivity contribution in [1.82, 2.24) is 15.0 Å². The van der Waals surface area contributed by atoms with Crippen LogP contribution in [0.5, 0.6) is 0 Å². The van der Waals surface area contributed by atoms with Crippen LogP contribution in [-0.4, -0.2) is 15.0 Å². The molecule has 0 radical (unpaired) electrons. The van der Waals surface area contributed by atoms with E-state index < -0.39 is 0 Å². The number of fused-ring (bicyclic) bond motifs is 7. The maximum absolute atomic E-state index is 5.32. The Kier molecular flexibility index (Phi) is 6.49. The first-order valence-electron chi connectivity index (χ1n) is 16.9. The van der Waals surface area contributed by atoms with Crippen molar-refractivity contribution in [2.75, 3.05) is 0 Å². The molecule has 10 rings (SSSR count). The quantitative estimate of drug-likeness (QED) is 0.181. The van der Waals surface area contributed by atoms with Gasteiger partial charge in [-0.25, -0.2) is 9.97 Å². The molecule has 0 unspecified atom stereocenters. The van der Waals surface area contributed by atoms with E-state index >= 15 is 0 Å². The highest BCUT2D eigenvalue weighted by Gasteiger charge is 2.17. The molecule has 2 aromatic heterocycles. The van der Waals surface area contributed by atoms with Crippen molar-refractivity contribution in [2.24, 2.45) is 0 Å². The molecule has 0 N–H and O–H groups in total. The normalized spacial score (nSPS) is 11.6. The van der Waals surface area contributed by atoms with Crippen molar-refractivity contribution >= 4 is 53.9 Å². The molecule has 0 spiro atoms. The van der Waals surface area contributed by atoms with E-state index in [1.165, 1.54) is 48.5 Å². The zero-order chi connectivity index (χ0) is 33.0. The monoisotopic (exact) mass is 635 g/mol. The van der Waals surface area contributed by atoms with Crippen LogP contribution >= 0.6 is 0 Å². The Hall–Kier alpha value is -6.71. The predicted molar refractivity (Wildman–Crippen MR) is 209 cm³/mol. The molecule has 2 heterocycles. The number of rotatable bonds is 4. The van der Waals surface area contributed by atoms with Gasteiger partial charge in [-0.05, 0) is 72.7 Å². The van der Waals surface area contributed by atoms with Crippen LogP contribution in [0.25, 0.3) is 99.0 Å². The average Bonchev–Trinajstić information content (AvgIpc) is 3.20. The minimum absolute atomic E-state index is 0.685. The van der Waals surface area contributed by atoms with Crippen LogP contribution in [-0.2, 0) is 0 Å². The van der Waals surface area contributed by atoms with Crippen molar-refractivity contribution < 1.29 is 0 Å². The smallest absolute Gasteiger partial charge is 0.160 e. The second-order valence-corrected chi connectivity index (χ2v) is 12.8. The molecule has 8 aromatic carbocycles. The molecule has 0 amide bonds. The van der Waals surface area contributed by atoms with Gasteiger partial charge in [0.25, 0.3) is 0 Å². The van der Waals surface area contributed by atoms with E-state index in [0.29, 0.717) is 5.82 Å². The number of hydrogen-bond donors (Lipinski definition) is 0. The summed E-state index contributed by atoms with van der Waals surface area (Å²) in [5, 5.41) is 11.9. The Morgan fingerprint density at radius 1 is 0.300 bits per heavy atom. The van der Waals surface area contributed by atoms with Crippen LogP contribution in [0.2, 0.25) is 0 Å². The molecule has 3 heteroatoms. The Morgan fingerprint density at radius 2 is 0.740 bits per heavy atom. The first-order valence-corrected chi connectivity index (χ1v) is 16.9. The molecular weight excluding hydrogens is 607 g/mol. The molecule has 10 aromatic rings. The van der Waals surface area contributed by atoms with Crippen LogP contribution in [0.4, 0.5) is 0 Å². The zero-order valence-electron chi connectivity index (χ0n) is 27.1. The van der Waals surface area contributed by atoms with Gasteiger partial charge in [-0.3, -0.25) is 4.98 Å². The molecule has 0 saturated carbocycles. The van der Waals surface area contributed by atoms with Crippen LogP contribution in [0.3, 0.4) is 0 Å². The molecule has 50 heavy (non-hydrogen) atoms. The van der Waals surface area contributed by atoms with Gasteiger partial charge in [0.2, 0.25) is 0 Å². The van der Waals surface area contributed by atoms with Crippen molar-refractivity contribution in [3.63, 3.8) is 0 Å². The summed E-state index contributed by atoms with van der Waals surface area (Å²) in [7, 11) is 0. The average molecular weight is 636 g/mol. The molecule has 3 nitrogen and oxygen atoms in total. The molecule has 0 saturated heterocycles. The maximum atomic E-state index is 5.32. The van der Waals surface area contributed by atoms with Gasteiger partial charge in [-0.2, -0.15) is 0 Å². The van der Waals surface area contributed by atoms with Gasteiger partial charge in [0.15, 0.2) is 5.82 Å². The van der Waals surface area contributed by atoms with Crippen LogP contribution in [0, 0.1) is 0 Å². The van der Waals surface area contributed by atoms with Crippen LogP contribution in [0.1, 0.15) is 0 Å². The minimum atomic E-state index is 0.685. The van der Waals surface area contributed by atoms with Crippen molar-refractivity contribution in [3.8, 4) is 45.2 Å². The summed E-state index contributed by atoms with van der Waals surface area (Å²) < 4.78 is 0. The van der Waals surface area contributed by atoms with Crippen molar-refractivity contribution in [3.05, 3.63) is 176 Å². The van der Waals surface area contributed by atoms with Gasteiger partial charge in [0.1, 0.15) is 0 Å². The topological polar surface area (TPSA) is 38.7 Å². The fraction of sp³-hybridized carbons (Fsp3) is 0. The first kappa shape index (κ1) is 28.3. The van der Waals surface area contributed by atoms with E-state index in [1.54, 1.807) is 0 Å². The summed E-state index contributed by atoms with van der Waals surface area (Å²) in [4.78, 5) is 15.4. The molecule has 0 aliphatic rings. The SMILES string of the molecule is c1ccc2cc(-c3ccc(-c4nc(-c5cc6ccccc6c6ccccc56)cc(-c5cc6ccccc6c6ccccc56)n4)cc3)ncc2c1. The largest absolute Gasteiger partial charge is 0.256 e. The Morgan fingerprint density at radius 3 is 1.30 bits per heavy atom. The third kappa shape index (κ3) is 4.71. The fourth-order valence-electron chi connectivity index (χ4n) is 7.42. The Balaban J connectivity index is 1.21. The second kappa shape index (κ2) is 11.5. The third-order valence-corrected chi connectivity index (χ3v) is 9.88. The lowest BCUT2D eigenvalue weighted by molar-refractivity contribution is 1.19. The van der Waals surface area contributed by atoms with Crippen LogP contribution < -0.4 is 0 Å². The standard InChI is InChI=1S/C47H29N3/c1-2-14-35-29-48-44(27-32(35)11-1)30-21-23-31(24-22-30)47-49-45(42-25-33-12-3-5-15-36(33)38-17-7-9-19-40(38)42)28-46(50-47)43-26-34-13-4-6-16-37(34)39-18-8-10-20-41(39)43/h1-29H. The molecule has 0 aliphatic heterocycles. The molecule has 0 bridgehead atoms. The number of benzene rings is 8. The van der Waals surface area contributed by atoms with Crippen molar-refractivity contribution in [2.45, 2.75) is 0 Å². The van der Waals surface area contributed by atoms with Gasteiger partial charge in [-0.1, -0.05) is 146 Å². The lowest BCUT2D eigenvalue weighted by Gasteiger charge is -2.15. The first-order chi connectivity index (χ1) is 24.8. The van der Waals surface area contributed by atoms with Gasteiger partial charge < -0.3 is 0 Å². The zero-order valence-corrected chi connectivity index (χ0v) is 27.1. The van der Waals surface area contributed by atoms with Gasteiger partial charge in [0.05, 0.1) is 17.1 Å². The Labute approximate surface area is 289 Å². The number of aromatic nitrogens is 3. The van der Waals surface area contributed by atoms with E-state index in [2.05, 4.69) is 164 Å². The third-order valence-electron chi connectivity index (χ3n) is 9.88. The molecule has 0 aliphatic carbocycles. The number of pyridine rings is 1. The summed E-state index contributed by atoms with van der Waals surface area (Å²) in [6.07, 6.45) is 1.94. The molecule has 0 atom stereocenters. The summed E-state index contributed by atoms with van der Waals surface area (Å²) in [5.74, 6) is 0.685. The predicted octanol–water partition coefficient (Wildman–Crippen LogP) is 12.3. The fourth-order valence-corrected chi connectivity index (χ4v) is 7.42. The van der Waals surface area contributed by atoms with E-state index in [0.717, 1.165) is 44.7 Å². The van der Waals surface area contributed by atoms with E-state index in [9.17, 15) is 0 Å². The van der Waals surface area contributed by atoms with E-state index in [4.69, 9.17) is 15.0 Å².